The maximum Gasteiger partial charge on any atom is 0.254 e. The lowest BCUT2D eigenvalue weighted by Crippen LogP contribution is -2.50. The van der Waals surface area contributed by atoms with E-state index in [1.54, 1.807) is 0 Å². The van der Waals surface area contributed by atoms with E-state index in [0.29, 0.717) is 6.04 Å². The molecule has 0 radical (unpaired) electrons. The third kappa shape index (κ3) is 4.49. The van der Waals surface area contributed by atoms with E-state index in [4.69, 9.17) is 4.74 Å². The summed E-state index contributed by atoms with van der Waals surface area (Å²) < 4.78 is 5.44. The fourth-order valence-electron chi connectivity index (χ4n) is 3.19. The summed E-state index contributed by atoms with van der Waals surface area (Å²) in [5.41, 5.74) is 2.01. The molecule has 23 heavy (non-hydrogen) atoms. The van der Waals surface area contributed by atoms with Gasteiger partial charge in [-0.3, -0.25) is 9.69 Å². The van der Waals surface area contributed by atoms with Gasteiger partial charge in [0.05, 0.1) is 19.3 Å². The van der Waals surface area contributed by atoms with Crippen molar-refractivity contribution in [1.82, 2.24) is 9.80 Å². The van der Waals surface area contributed by atoms with Gasteiger partial charge in [0.15, 0.2) is 0 Å². The van der Waals surface area contributed by atoms with Crippen LogP contribution in [0.25, 0.3) is 0 Å². The Balaban J connectivity index is 1.72. The van der Waals surface area contributed by atoms with Gasteiger partial charge in [0.25, 0.3) is 5.91 Å². The molecule has 2 heterocycles. The Kier molecular flexibility index (Phi) is 5.97. The second-order valence-electron chi connectivity index (χ2n) is 6.36. The van der Waals surface area contributed by atoms with Gasteiger partial charge in [0.1, 0.15) is 0 Å². The van der Waals surface area contributed by atoms with Crippen LogP contribution in [0.1, 0.15) is 22.3 Å². The molecule has 2 aliphatic heterocycles. The van der Waals surface area contributed by atoms with Crippen molar-refractivity contribution in [3.8, 4) is 0 Å². The predicted molar refractivity (Wildman–Crippen MR) is 95.2 cm³/mol. The molecule has 2 aliphatic rings. The highest BCUT2D eigenvalue weighted by Crippen LogP contribution is 2.20. The molecule has 1 aromatic carbocycles. The first kappa shape index (κ1) is 16.8. The van der Waals surface area contributed by atoms with Gasteiger partial charge in [0.2, 0.25) is 0 Å². The molecule has 2 saturated heterocycles. The number of nitrogens with zero attached hydrogens (tertiary/aromatic N) is 2. The maximum atomic E-state index is 13.0. The lowest BCUT2D eigenvalue weighted by Gasteiger charge is -2.35. The molecule has 0 aromatic heterocycles. The fraction of sp³-hybridized carbons (Fsp3) is 0.611. The summed E-state index contributed by atoms with van der Waals surface area (Å²) in [4.78, 5) is 17.5. The molecule has 0 bridgehead atoms. The van der Waals surface area contributed by atoms with Crippen molar-refractivity contribution >= 4 is 17.7 Å². The van der Waals surface area contributed by atoms with Crippen LogP contribution < -0.4 is 0 Å². The average Bonchev–Trinajstić information content (AvgIpc) is 2.81. The Morgan fingerprint density at radius 3 is 2.70 bits per heavy atom. The molecule has 1 unspecified atom stereocenters. The van der Waals surface area contributed by atoms with Crippen LogP contribution in [-0.4, -0.2) is 72.6 Å². The minimum Gasteiger partial charge on any atom is -0.379 e. The van der Waals surface area contributed by atoms with Gasteiger partial charge in [-0.15, -0.1) is 0 Å². The number of thioether (sulfide) groups is 1. The van der Waals surface area contributed by atoms with Crippen molar-refractivity contribution in [2.24, 2.45) is 0 Å². The van der Waals surface area contributed by atoms with Crippen LogP contribution in [-0.2, 0) is 4.74 Å². The van der Waals surface area contributed by atoms with Crippen LogP contribution in [0.4, 0.5) is 0 Å². The first-order chi connectivity index (χ1) is 11.2. The molecular formula is C18H26N2O2S. The second kappa shape index (κ2) is 8.18. The number of aryl methyl sites for hydroxylation is 1. The molecular weight excluding hydrogens is 308 g/mol. The smallest absolute Gasteiger partial charge is 0.254 e. The Bertz CT molecular complexity index is 514. The highest BCUT2D eigenvalue weighted by Gasteiger charge is 2.28. The summed E-state index contributed by atoms with van der Waals surface area (Å²) in [6.45, 7) is 7.47. The lowest BCUT2D eigenvalue weighted by molar-refractivity contribution is 0.0245. The number of benzene rings is 1. The highest BCUT2D eigenvalue weighted by molar-refractivity contribution is 7.99. The molecule has 0 N–H and O–H groups in total. The van der Waals surface area contributed by atoms with Gasteiger partial charge < -0.3 is 9.64 Å². The number of hydrogen-bond donors (Lipinski definition) is 0. The molecule has 1 amide bonds. The van der Waals surface area contributed by atoms with Crippen molar-refractivity contribution in [2.45, 2.75) is 19.4 Å². The van der Waals surface area contributed by atoms with Crippen molar-refractivity contribution < 1.29 is 9.53 Å². The zero-order chi connectivity index (χ0) is 16.1. The highest BCUT2D eigenvalue weighted by atomic mass is 32.2. The first-order valence-corrected chi connectivity index (χ1v) is 9.65. The van der Waals surface area contributed by atoms with Crippen LogP contribution in [0.3, 0.4) is 0 Å². The number of morpholine rings is 1. The molecule has 126 valence electrons. The van der Waals surface area contributed by atoms with Crippen molar-refractivity contribution in [3.63, 3.8) is 0 Å². The maximum absolute atomic E-state index is 13.0. The predicted octanol–water partition coefficient (Wildman–Crippen LogP) is 2.27. The first-order valence-electron chi connectivity index (χ1n) is 8.49. The largest absolute Gasteiger partial charge is 0.379 e. The van der Waals surface area contributed by atoms with Gasteiger partial charge in [-0.2, -0.15) is 11.8 Å². The lowest BCUT2D eigenvalue weighted by atomic mass is 10.1. The van der Waals surface area contributed by atoms with Crippen LogP contribution in [0.2, 0.25) is 0 Å². The molecule has 2 fully saturated rings. The molecule has 4 nitrogen and oxygen atoms in total. The van der Waals surface area contributed by atoms with Crippen LogP contribution in [0.15, 0.2) is 24.3 Å². The summed E-state index contributed by atoms with van der Waals surface area (Å²) >= 11 is 1.98. The topological polar surface area (TPSA) is 32.8 Å². The SMILES string of the molecule is Cc1ccc(C(=O)N2CCCSCC2CN2CCOCC2)cc1. The molecule has 1 aromatic rings. The zero-order valence-corrected chi connectivity index (χ0v) is 14.7. The summed E-state index contributed by atoms with van der Waals surface area (Å²) in [6, 6.07) is 8.27. The summed E-state index contributed by atoms with van der Waals surface area (Å²) in [5.74, 6) is 2.37. The van der Waals surface area contributed by atoms with Gasteiger partial charge in [-0.1, -0.05) is 17.7 Å². The van der Waals surface area contributed by atoms with E-state index in [1.807, 2.05) is 36.0 Å². The number of ether oxygens (including phenoxy) is 1. The zero-order valence-electron chi connectivity index (χ0n) is 13.9. The van der Waals surface area contributed by atoms with E-state index in [-0.39, 0.29) is 5.91 Å². The third-order valence-corrected chi connectivity index (χ3v) is 5.77. The summed E-state index contributed by atoms with van der Waals surface area (Å²) in [6.07, 6.45) is 1.09. The number of amides is 1. The average molecular weight is 334 g/mol. The number of carbonyl (C=O) groups excluding carboxylic acids is 1. The number of hydrogen-bond acceptors (Lipinski definition) is 4. The molecule has 5 heteroatoms. The van der Waals surface area contributed by atoms with E-state index >= 15 is 0 Å². The standard InChI is InChI=1S/C18H26N2O2S/c1-15-3-5-16(6-4-15)18(21)20-7-2-12-23-14-17(20)13-19-8-10-22-11-9-19/h3-6,17H,2,7-14H2,1H3. The van der Waals surface area contributed by atoms with Gasteiger partial charge in [-0.05, 0) is 31.2 Å². The quantitative estimate of drug-likeness (QED) is 0.849. The Labute approximate surface area is 143 Å². The minimum absolute atomic E-state index is 0.186. The summed E-state index contributed by atoms with van der Waals surface area (Å²) in [7, 11) is 0. The van der Waals surface area contributed by atoms with Crippen molar-refractivity contribution in [1.29, 1.82) is 0 Å². The van der Waals surface area contributed by atoms with E-state index in [1.165, 1.54) is 5.56 Å². The molecule has 3 rings (SSSR count). The van der Waals surface area contributed by atoms with E-state index in [2.05, 4.69) is 16.7 Å². The van der Waals surface area contributed by atoms with Crippen molar-refractivity contribution in [3.05, 3.63) is 35.4 Å². The van der Waals surface area contributed by atoms with Crippen LogP contribution in [0.5, 0.6) is 0 Å². The van der Waals surface area contributed by atoms with E-state index in [0.717, 1.165) is 62.9 Å². The van der Waals surface area contributed by atoms with Crippen LogP contribution in [0, 0.1) is 6.92 Å². The van der Waals surface area contributed by atoms with Crippen LogP contribution >= 0.6 is 11.8 Å². The second-order valence-corrected chi connectivity index (χ2v) is 7.51. The third-order valence-electron chi connectivity index (χ3n) is 4.57. The molecule has 0 spiro atoms. The number of rotatable bonds is 3. The van der Waals surface area contributed by atoms with Gasteiger partial charge in [0, 0.05) is 37.5 Å². The van der Waals surface area contributed by atoms with Gasteiger partial charge >= 0.3 is 0 Å². The fourth-order valence-corrected chi connectivity index (χ4v) is 4.25. The molecule has 0 aliphatic carbocycles. The monoisotopic (exact) mass is 334 g/mol. The van der Waals surface area contributed by atoms with E-state index in [9.17, 15) is 4.79 Å². The normalized spacial score (nSPS) is 23.5. The van der Waals surface area contributed by atoms with Crippen molar-refractivity contribution in [2.75, 3.05) is 50.9 Å². The Morgan fingerprint density at radius 1 is 1.22 bits per heavy atom. The van der Waals surface area contributed by atoms with Gasteiger partial charge in [-0.25, -0.2) is 0 Å². The van der Waals surface area contributed by atoms with E-state index < -0.39 is 0 Å². The Hall–Kier alpha value is -1.04. The molecule has 0 saturated carbocycles. The number of carbonyl (C=O) groups is 1. The summed E-state index contributed by atoms with van der Waals surface area (Å²) in [5, 5.41) is 0. The minimum atomic E-state index is 0.186. The Morgan fingerprint density at radius 2 is 1.96 bits per heavy atom. The molecule has 1 atom stereocenters.